The number of amides is 3. The first-order valence-corrected chi connectivity index (χ1v) is 17.6. The molecule has 3 aromatic carbocycles. The van der Waals surface area contributed by atoms with E-state index < -0.39 is 35.7 Å². The molecule has 3 amide bonds. The van der Waals surface area contributed by atoms with E-state index in [-0.39, 0.29) is 37.0 Å². The van der Waals surface area contributed by atoms with Gasteiger partial charge in [0, 0.05) is 24.5 Å². The first kappa shape index (κ1) is 39.3. The smallest absolute Gasteiger partial charge is 0.416 e. The van der Waals surface area contributed by atoms with E-state index in [1.54, 1.807) is 39.1 Å². The number of nitrogens with zero attached hydrogens (tertiary/aromatic N) is 2. The average Bonchev–Trinajstić information content (AvgIpc) is 3.09. The summed E-state index contributed by atoms with van der Waals surface area (Å²) >= 11 is 0. The molecule has 0 unspecified atom stereocenters. The summed E-state index contributed by atoms with van der Waals surface area (Å²) in [6.07, 6.45) is 1.65. The van der Waals surface area contributed by atoms with Crippen LogP contribution in [-0.2, 0) is 23.9 Å². The van der Waals surface area contributed by atoms with E-state index in [1.165, 1.54) is 12.0 Å². The number of ether oxygens (including phenoxy) is 2. The molecule has 1 heterocycles. The van der Waals surface area contributed by atoms with Crippen molar-refractivity contribution < 1.29 is 33.8 Å². The first-order valence-electron chi connectivity index (χ1n) is 17.6. The number of phenolic OH excluding ortho intramolecular Hbond substituents is 1. The molecular weight excluding hydrogens is 660 g/mol. The van der Waals surface area contributed by atoms with Crippen molar-refractivity contribution in [2.45, 2.75) is 84.9 Å². The number of nitrogens with one attached hydrogen (secondary N) is 2. The van der Waals surface area contributed by atoms with Crippen molar-refractivity contribution in [1.29, 1.82) is 0 Å². The molecule has 0 spiro atoms. The van der Waals surface area contributed by atoms with Gasteiger partial charge in [-0.1, -0.05) is 68.4 Å². The summed E-state index contributed by atoms with van der Waals surface area (Å²) < 4.78 is 10.5. The maximum absolute atomic E-state index is 13.8. The molecule has 0 bridgehead atoms. The summed E-state index contributed by atoms with van der Waals surface area (Å²) in [6, 6.07) is 20.6. The van der Waals surface area contributed by atoms with Gasteiger partial charge >= 0.3 is 12.1 Å². The maximum Gasteiger partial charge on any atom is 0.416 e. The lowest BCUT2D eigenvalue weighted by Crippen LogP contribution is -2.48. The highest BCUT2D eigenvalue weighted by molar-refractivity contribution is 6.00. The molecule has 0 aliphatic heterocycles. The van der Waals surface area contributed by atoms with E-state index in [0.717, 1.165) is 27.5 Å². The lowest BCUT2D eigenvalue weighted by atomic mass is 9.95. The van der Waals surface area contributed by atoms with Crippen LogP contribution in [0.25, 0.3) is 21.9 Å². The van der Waals surface area contributed by atoms with Gasteiger partial charge in [0.1, 0.15) is 23.2 Å². The van der Waals surface area contributed by atoms with Gasteiger partial charge in [0.15, 0.2) is 0 Å². The zero-order valence-electron chi connectivity index (χ0n) is 31.1. The van der Waals surface area contributed by atoms with Gasteiger partial charge in [0.25, 0.3) is 0 Å². The van der Waals surface area contributed by atoms with Crippen molar-refractivity contribution in [2.75, 3.05) is 18.6 Å². The van der Waals surface area contributed by atoms with Crippen LogP contribution in [0.15, 0.2) is 79.0 Å². The van der Waals surface area contributed by atoms with E-state index in [4.69, 9.17) is 9.47 Å². The van der Waals surface area contributed by atoms with Crippen LogP contribution >= 0.6 is 0 Å². The fourth-order valence-corrected chi connectivity index (χ4v) is 5.86. The predicted molar refractivity (Wildman–Crippen MR) is 202 cm³/mol. The molecule has 0 aliphatic carbocycles. The van der Waals surface area contributed by atoms with Gasteiger partial charge < -0.3 is 25.2 Å². The van der Waals surface area contributed by atoms with Gasteiger partial charge in [-0.05, 0) is 92.3 Å². The van der Waals surface area contributed by atoms with Crippen LogP contribution in [0.1, 0.15) is 77.5 Å². The molecule has 0 fully saturated rings. The SMILES string of the molecule is COC(=O)C[C@H](NC(=O)[C@H](CC(C)C)NC(=O)CCCN(C(=O)OC(C)(C)C)c1cc(C)ccn1)c1ccc(-c2ccc(O)c3ccccc23)cc1. The van der Waals surface area contributed by atoms with Crippen molar-refractivity contribution in [3.05, 3.63) is 90.1 Å². The molecule has 1 aromatic heterocycles. The summed E-state index contributed by atoms with van der Waals surface area (Å²) in [5.41, 5.74) is 2.72. The number of fused-ring (bicyclic) bond motifs is 1. The zero-order valence-corrected chi connectivity index (χ0v) is 31.1. The summed E-state index contributed by atoms with van der Waals surface area (Å²) in [5.74, 6) is -0.582. The molecule has 0 saturated carbocycles. The van der Waals surface area contributed by atoms with Gasteiger partial charge in [-0.3, -0.25) is 19.3 Å². The van der Waals surface area contributed by atoms with Crippen LogP contribution in [0.2, 0.25) is 0 Å². The number of pyridine rings is 1. The minimum Gasteiger partial charge on any atom is -0.507 e. The van der Waals surface area contributed by atoms with Crippen molar-refractivity contribution in [2.24, 2.45) is 5.92 Å². The third-order valence-corrected chi connectivity index (χ3v) is 8.38. The van der Waals surface area contributed by atoms with E-state index in [0.29, 0.717) is 24.2 Å². The number of carbonyl (C=O) groups is 4. The maximum atomic E-state index is 13.8. The number of rotatable bonds is 14. The molecule has 3 N–H and O–H groups in total. The monoisotopic (exact) mass is 710 g/mol. The molecule has 0 saturated heterocycles. The third kappa shape index (κ3) is 11.0. The summed E-state index contributed by atoms with van der Waals surface area (Å²) in [5, 5.41) is 17.8. The second kappa shape index (κ2) is 17.7. The van der Waals surface area contributed by atoms with E-state index in [9.17, 15) is 24.3 Å². The fourth-order valence-electron chi connectivity index (χ4n) is 5.86. The summed E-state index contributed by atoms with van der Waals surface area (Å²) in [6.45, 7) is 11.3. The van der Waals surface area contributed by atoms with Crippen LogP contribution < -0.4 is 15.5 Å². The first-order chi connectivity index (χ1) is 24.6. The second-order valence-corrected chi connectivity index (χ2v) is 14.3. The Morgan fingerprint density at radius 3 is 2.25 bits per heavy atom. The standard InChI is InChI=1S/C41H50N4O7/c1-26(2)23-34(43-37(47)13-10-22-45(40(50)52-41(4,5)6)36-24-27(3)20-21-42-36)39(49)44-33(25-38(48)51-7)29-16-14-28(15-17-29)30-18-19-35(46)32-12-9-8-11-31(30)32/h8-9,11-12,14-21,24,26,33-34,46H,10,13,22-23,25H2,1-7H3,(H,43,47)(H,44,49)/t33-,34-/m0/s1. The van der Waals surface area contributed by atoms with E-state index >= 15 is 0 Å². The topological polar surface area (TPSA) is 147 Å². The number of methoxy groups -OCH3 is 1. The number of aromatic hydroxyl groups is 1. The predicted octanol–water partition coefficient (Wildman–Crippen LogP) is 7.39. The van der Waals surface area contributed by atoms with Gasteiger partial charge in [0.05, 0.1) is 19.6 Å². The molecule has 52 heavy (non-hydrogen) atoms. The number of benzene rings is 3. The number of aromatic nitrogens is 1. The van der Waals surface area contributed by atoms with Crippen LogP contribution in [0.3, 0.4) is 0 Å². The van der Waals surface area contributed by atoms with Crippen molar-refractivity contribution >= 4 is 40.5 Å². The number of carbonyl (C=O) groups excluding carboxylic acids is 4. The second-order valence-electron chi connectivity index (χ2n) is 14.3. The Kier molecular flexibility index (Phi) is 13.4. The van der Waals surface area contributed by atoms with E-state index in [2.05, 4.69) is 15.6 Å². The molecule has 0 aliphatic rings. The molecule has 0 radical (unpaired) electrons. The zero-order chi connectivity index (χ0) is 38.0. The Balaban J connectivity index is 1.47. The molecular formula is C41H50N4O7. The Bertz CT molecular complexity index is 1870. The van der Waals surface area contributed by atoms with Gasteiger partial charge in [-0.2, -0.15) is 0 Å². The molecule has 11 heteroatoms. The largest absolute Gasteiger partial charge is 0.507 e. The number of aryl methyl sites for hydroxylation is 1. The summed E-state index contributed by atoms with van der Waals surface area (Å²) in [7, 11) is 1.29. The Morgan fingerprint density at radius 1 is 0.923 bits per heavy atom. The quantitative estimate of drug-likeness (QED) is 0.115. The highest BCUT2D eigenvalue weighted by Gasteiger charge is 2.28. The van der Waals surface area contributed by atoms with Crippen molar-refractivity contribution in [3.63, 3.8) is 0 Å². The minimum atomic E-state index is -0.865. The van der Waals surface area contributed by atoms with Crippen LogP contribution in [0.5, 0.6) is 5.75 Å². The highest BCUT2D eigenvalue weighted by Crippen LogP contribution is 2.34. The number of hydrogen-bond acceptors (Lipinski definition) is 8. The third-order valence-electron chi connectivity index (χ3n) is 8.38. The average molecular weight is 711 g/mol. The van der Waals surface area contributed by atoms with Crippen LogP contribution in [0, 0.1) is 12.8 Å². The molecule has 4 aromatic rings. The lowest BCUT2D eigenvalue weighted by molar-refractivity contribution is -0.141. The van der Waals surface area contributed by atoms with Gasteiger partial charge in [0.2, 0.25) is 11.8 Å². The van der Waals surface area contributed by atoms with Crippen LogP contribution in [0.4, 0.5) is 10.6 Å². The number of anilines is 1. The Morgan fingerprint density at radius 2 is 1.62 bits per heavy atom. The van der Waals surface area contributed by atoms with Gasteiger partial charge in [-0.25, -0.2) is 9.78 Å². The number of hydrogen-bond donors (Lipinski definition) is 3. The number of phenols is 1. The van der Waals surface area contributed by atoms with Crippen molar-refractivity contribution in [1.82, 2.24) is 15.6 Å². The molecule has 11 nitrogen and oxygen atoms in total. The Labute approximate surface area is 305 Å². The van der Waals surface area contributed by atoms with Gasteiger partial charge in [-0.15, -0.1) is 0 Å². The van der Waals surface area contributed by atoms with Crippen LogP contribution in [-0.4, -0.2) is 59.3 Å². The van der Waals surface area contributed by atoms with E-state index in [1.807, 2.05) is 81.4 Å². The fraction of sp³-hybridized carbons (Fsp3) is 0.390. The molecule has 4 rings (SSSR count). The molecule has 2 atom stereocenters. The van der Waals surface area contributed by atoms with Crippen molar-refractivity contribution in [3.8, 4) is 16.9 Å². The lowest BCUT2D eigenvalue weighted by Gasteiger charge is -2.27. The minimum absolute atomic E-state index is 0.0476. The molecule has 276 valence electrons. The Hall–Kier alpha value is -5.45. The number of esters is 1. The normalized spacial score (nSPS) is 12.5. The highest BCUT2D eigenvalue weighted by atomic mass is 16.6. The summed E-state index contributed by atoms with van der Waals surface area (Å²) in [4.78, 5) is 58.3.